The van der Waals surface area contributed by atoms with E-state index in [2.05, 4.69) is 5.32 Å². The molecule has 0 aromatic carbocycles. The normalized spacial score (nSPS) is 14.5. The highest BCUT2D eigenvalue weighted by Gasteiger charge is 2.16. The highest BCUT2D eigenvalue weighted by atomic mass is 16.5. The van der Waals surface area contributed by atoms with Crippen LogP contribution in [-0.4, -0.2) is 36.7 Å². The molecule has 5 nitrogen and oxygen atoms in total. The van der Waals surface area contributed by atoms with E-state index < -0.39 is 5.97 Å². The van der Waals surface area contributed by atoms with Crippen LogP contribution in [0.3, 0.4) is 0 Å². The smallest absolute Gasteiger partial charge is 0.305 e. The minimum absolute atomic E-state index is 0.0640. The third-order valence-corrected chi connectivity index (χ3v) is 1.73. The SMILES string of the molecule is COCC(C)C(=O)NC(C)CC(=O)O. The van der Waals surface area contributed by atoms with E-state index in [-0.39, 0.29) is 24.3 Å². The van der Waals surface area contributed by atoms with Crippen LogP contribution in [0.5, 0.6) is 0 Å². The summed E-state index contributed by atoms with van der Waals surface area (Å²) >= 11 is 0. The lowest BCUT2D eigenvalue weighted by Crippen LogP contribution is -2.38. The Morgan fingerprint density at radius 2 is 2.00 bits per heavy atom. The molecule has 1 amide bonds. The fourth-order valence-electron chi connectivity index (χ4n) is 1.02. The molecule has 0 aromatic heterocycles. The van der Waals surface area contributed by atoms with Crippen LogP contribution in [-0.2, 0) is 14.3 Å². The molecule has 0 aliphatic rings. The number of methoxy groups -OCH3 is 1. The Morgan fingerprint density at radius 3 is 2.43 bits per heavy atom. The molecule has 14 heavy (non-hydrogen) atoms. The fourth-order valence-corrected chi connectivity index (χ4v) is 1.02. The zero-order valence-corrected chi connectivity index (χ0v) is 8.74. The van der Waals surface area contributed by atoms with E-state index in [0.29, 0.717) is 6.61 Å². The highest BCUT2D eigenvalue weighted by Crippen LogP contribution is 1.98. The number of hydrogen-bond donors (Lipinski definition) is 2. The fraction of sp³-hybridized carbons (Fsp3) is 0.778. The third-order valence-electron chi connectivity index (χ3n) is 1.73. The van der Waals surface area contributed by atoms with Gasteiger partial charge in [-0.25, -0.2) is 0 Å². The average molecular weight is 203 g/mol. The second-order valence-electron chi connectivity index (χ2n) is 3.36. The van der Waals surface area contributed by atoms with Crippen LogP contribution in [0.1, 0.15) is 20.3 Å². The van der Waals surface area contributed by atoms with Crippen molar-refractivity contribution in [2.45, 2.75) is 26.3 Å². The minimum Gasteiger partial charge on any atom is -0.481 e. The van der Waals surface area contributed by atoms with Gasteiger partial charge < -0.3 is 15.2 Å². The first-order valence-electron chi connectivity index (χ1n) is 4.48. The Kier molecular flexibility index (Phi) is 5.87. The Morgan fingerprint density at radius 1 is 1.43 bits per heavy atom. The van der Waals surface area contributed by atoms with E-state index in [4.69, 9.17) is 9.84 Å². The Balaban J connectivity index is 3.86. The first-order chi connectivity index (χ1) is 6.47. The van der Waals surface area contributed by atoms with E-state index in [1.165, 1.54) is 7.11 Å². The number of rotatable bonds is 6. The summed E-state index contributed by atoms with van der Waals surface area (Å²) in [5.74, 6) is -1.35. The Labute approximate surface area is 83.4 Å². The van der Waals surface area contributed by atoms with Crippen LogP contribution < -0.4 is 5.32 Å². The molecule has 2 unspecified atom stereocenters. The molecule has 0 aromatic rings. The van der Waals surface area contributed by atoms with Crippen molar-refractivity contribution in [1.29, 1.82) is 0 Å². The van der Waals surface area contributed by atoms with Gasteiger partial charge in [0.05, 0.1) is 18.9 Å². The van der Waals surface area contributed by atoms with Gasteiger partial charge in [0.1, 0.15) is 0 Å². The molecule has 0 heterocycles. The van der Waals surface area contributed by atoms with Gasteiger partial charge in [-0.05, 0) is 6.92 Å². The summed E-state index contributed by atoms with van der Waals surface area (Å²) in [4.78, 5) is 21.7. The molecular formula is C9H17NO4. The maximum Gasteiger partial charge on any atom is 0.305 e. The first kappa shape index (κ1) is 12.9. The minimum atomic E-state index is -0.919. The molecule has 0 radical (unpaired) electrons. The van der Waals surface area contributed by atoms with Crippen LogP contribution in [0.15, 0.2) is 0 Å². The molecule has 2 atom stereocenters. The van der Waals surface area contributed by atoms with E-state index in [1.807, 2.05) is 0 Å². The third kappa shape index (κ3) is 5.53. The van der Waals surface area contributed by atoms with Crippen LogP contribution in [0.25, 0.3) is 0 Å². The molecule has 82 valence electrons. The van der Waals surface area contributed by atoms with Crippen LogP contribution in [0.4, 0.5) is 0 Å². The topological polar surface area (TPSA) is 75.6 Å². The van der Waals surface area contributed by atoms with Gasteiger partial charge in [-0.15, -0.1) is 0 Å². The average Bonchev–Trinajstić information content (AvgIpc) is 2.02. The molecule has 0 saturated heterocycles. The Bertz CT molecular complexity index is 205. The largest absolute Gasteiger partial charge is 0.481 e. The second-order valence-corrected chi connectivity index (χ2v) is 3.36. The predicted octanol–water partition coefficient (Wildman–Crippen LogP) is 0.248. The number of hydrogen-bond acceptors (Lipinski definition) is 3. The molecule has 0 saturated carbocycles. The van der Waals surface area contributed by atoms with Crippen LogP contribution in [0, 0.1) is 5.92 Å². The molecule has 0 rings (SSSR count). The zero-order chi connectivity index (χ0) is 11.1. The first-order valence-corrected chi connectivity index (χ1v) is 4.48. The molecule has 0 fully saturated rings. The summed E-state index contributed by atoms with van der Waals surface area (Å²) < 4.78 is 4.81. The van der Waals surface area contributed by atoms with Gasteiger partial charge >= 0.3 is 5.97 Å². The summed E-state index contributed by atoms with van der Waals surface area (Å²) in [5, 5.41) is 11.1. The number of carbonyl (C=O) groups excluding carboxylic acids is 1. The van der Waals surface area contributed by atoms with Crippen LogP contribution in [0.2, 0.25) is 0 Å². The van der Waals surface area contributed by atoms with Crippen molar-refractivity contribution < 1.29 is 19.4 Å². The standard InChI is InChI=1S/C9H17NO4/c1-6(5-14-3)9(13)10-7(2)4-8(11)12/h6-7H,4-5H2,1-3H3,(H,10,13)(H,11,12). The van der Waals surface area contributed by atoms with E-state index in [9.17, 15) is 9.59 Å². The van der Waals surface area contributed by atoms with Gasteiger partial charge in [-0.3, -0.25) is 9.59 Å². The van der Waals surface area contributed by atoms with Crippen molar-refractivity contribution in [3.05, 3.63) is 0 Å². The molecule has 0 aliphatic heterocycles. The van der Waals surface area contributed by atoms with E-state index in [1.54, 1.807) is 13.8 Å². The second kappa shape index (κ2) is 6.37. The van der Waals surface area contributed by atoms with Gasteiger partial charge in [-0.2, -0.15) is 0 Å². The van der Waals surface area contributed by atoms with Gasteiger partial charge in [0.2, 0.25) is 5.91 Å². The molecule has 0 aliphatic carbocycles. The molecule has 0 bridgehead atoms. The quantitative estimate of drug-likeness (QED) is 0.648. The number of ether oxygens (including phenoxy) is 1. The maximum atomic E-state index is 11.3. The van der Waals surface area contributed by atoms with Crippen molar-refractivity contribution in [1.82, 2.24) is 5.32 Å². The van der Waals surface area contributed by atoms with Gasteiger partial charge in [0.15, 0.2) is 0 Å². The van der Waals surface area contributed by atoms with Crippen molar-refractivity contribution in [3.8, 4) is 0 Å². The van der Waals surface area contributed by atoms with Gasteiger partial charge in [-0.1, -0.05) is 6.92 Å². The lowest BCUT2D eigenvalue weighted by atomic mass is 10.1. The lowest BCUT2D eigenvalue weighted by Gasteiger charge is -2.15. The summed E-state index contributed by atoms with van der Waals surface area (Å²) in [6, 6.07) is -0.348. The van der Waals surface area contributed by atoms with Crippen molar-refractivity contribution in [2.24, 2.45) is 5.92 Å². The van der Waals surface area contributed by atoms with Crippen molar-refractivity contribution >= 4 is 11.9 Å². The van der Waals surface area contributed by atoms with Crippen molar-refractivity contribution in [3.63, 3.8) is 0 Å². The Hall–Kier alpha value is -1.10. The molecule has 2 N–H and O–H groups in total. The number of nitrogens with one attached hydrogen (secondary N) is 1. The number of carboxylic acid groups (broad SMARTS) is 1. The summed E-state index contributed by atoms with van der Waals surface area (Å²) in [5.41, 5.74) is 0. The number of carboxylic acids is 1. The number of amides is 1. The van der Waals surface area contributed by atoms with Crippen LogP contribution >= 0.6 is 0 Å². The highest BCUT2D eigenvalue weighted by molar-refractivity contribution is 5.79. The summed E-state index contributed by atoms with van der Waals surface area (Å²) in [7, 11) is 1.52. The maximum absolute atomic E-state index is 11.3. The van der Waals surface area contributed by atoms with Gasteiger partial charge in [0.25, 0.3) is 0 Å². The summed E-state index contributed by atoms with van der Waals surface area (Å²) in [6.45, 7) is 3.73. The summed E-state index contributed by atoms with van der Waals surface area (Å²) in [6.07, 6.45) is -0.0640. The van der Waals surface area contributed by atoms with Gasteiger partial charge in [0, 0.05) is 13.2 Å². The number of aliphatic carboxylic acids is 1. The number of carbonyl (C=O) groups is 2. The van der Waals surface area contributed by atoms with E-state index in [0.717, 1.165) is 0 Å². The monoisotopic (exact) mass is 203 g/mol. The zero-order valence-electron chi connectivity index (χ0n) is 8.74. The van der Waals surface area contributed by atoms with Crippen molar-refractivity contribution in [2.75, 3.05) is 13.7 Å². The molecule has 5 heteroatoms. The van der Waals surface area contributed by atoms with E-state index >= 15 is 0 Å². The molecule has 0 spiro atoms. The predicted molar refractivity (Wildman–Crippen MR) is 50.9 cm³/mol. The molecular weight excluding hydrogens is 186 g/mol. The lowest BCUT2D eigenvalue weighted by molar-refractivity contribution is -0.137.